The van der Waals surface area contributed by atoms with Crippen LogP contribution in [0.3, 0.4) is 0 Å². The number of rotatable bonds is 6. The summed E-state index contributed by atoms with van der Waals surface area (Å²) in [7, 11) is 4.50. The van der Waals surface area contributed by atoms with E-state index in [2.05, 4.69) is 44.0 Å². The van der Waals surface area contributed by atoms with E-state index in [-0.39, 0.29) is 5.54 Å². The second kappa shape index (κ2) is 7.13. The number of thioether (sulfide) groups is 1. The lowest BCUT2D eigenvalue weighted by molar-refractivity contribution is 0.00490. The molecule has 1 fully saturated rings. The highest BCUT2D eigenvalue weighted by atomic mass is 32.2. The number of piperidine rings is 1. The van der Waals surface area contributed by atoms with Gasteiger partial charge in [-0.2, -0.15) is 11.8 Å². The van der Waals surface area contributed by atoms with Crippen LogP contribution in [0.4, 0.5) is 0 Å². The van der Waals surface area contributed by atoms with Gasteiger partial charge in [-0.25, -0.2) is 0 Å². The molecule has 3 unspecified atom stereocenters. The highest BCUT2D eigenvalue weighted by Crippen LogP contribution is 2.32. The molecule has 1 heterocycles. The zero-order chi connectivity index (χ0) is 13.8. The maximum absolute atomic E-state index is 6.15. The molecule has 18 heavy (non-hydrogen) atoms. The van der Waals surface area contributed by atoms with Crippen LogP contribution in [0, 0.1) is 0 Å². The molecule has 0 aromatic rings. The molecule has 1 saturated heterocycles. The van der Waals surface area contributed by atoms with Crippen LogP contribution in [0.2, 0.25) is 0 Å². The van der Waals surface area contributed by atoms with E-state index in [1.807, 2.05) is 11.8 Å². The quantitative estimate of drug-likeness (QED) is 0.801. The smallest absolute Gasteiger partial charge is 0.0358 e. The predicted octanol–water partition coefficient (Wildman–Crippen LogP) is 1.87. The van der Waals surface area contributed by atoms with Crippen LogP contribution in [-0.2, 0) is 0 Å². The van der Waals surface area contributed by atoms with Crippen molar-refractivity contribution in [2.45, 2.75) is 50.7 Å². The van der Waals surface area contributed by atoms with E-state index in [0.717, 1.165) is 13.1 Å². The van der Waals surface area contributed by atoms with Crippen molar-refractivity contribution in [3.05, 3.63) is 0 Å². The number of nitrogens with two attached hydrogens (primary N) is 1. The van der Waals surface area contributed by atoms with Crippen molar-refractivity contribution in [1.82, 2.24) is 9.80 Å². The first-order valence-corrected chi connectivity index (χ1v) is 8.48. The molecule has 3 atom stereocenters. The minimum atomic E-state index is 0.212. The van der Waals surface area contributed by atoms with E-state index in [1.54, 1.807) is 0 Å². The van der Waals surface area contributed by atoms with Gasteiger partial charge < -0.3 is 10.6 Å². The van der Waals surface area contributed by atoms with E-state index in [4.69, 9.17) is 5.73 Å². The lowest BCUT2D eigenvalue weighted by Crippen LogP contribution is -2.61. The first kappa shape index (κ1) is 16.3. The summed E-state index contributed by atoms with van der Waals surface area (Å²) in [5, 5.41) is 0. The SMILES string of the molecule is CSCCC(C)N(C)C1(CN)CCN(C)C(C)C1. The Morgan fingerprint density at radius 1 is 1.56 bits per heavy atom. The first-order chi connectivity index (χ1) is 8.46. The van der Waals surface area contributed by atoms with Crippen molar-refractivity contribution in [2.24, 2.45) is 5.73 Å². The Morgan fingerprint density at radius 3 is 2.72 bits per heavy atom. The fourth-order valence-corrected chi connectivity index (χ4v) is 3.59. The minimum absolute atomic E-state index is 0.212. The van der Waals surface area contributed by atoms with Crippen molar-refractivity contribution < 1.29 is 0 Å². The van der Waals surface area contributed by atoms with Gasteiger partial charge in [0.05, 0.1) is 0 Å². The largest absolute Gasteiger partial charge is 0.329 e. The molecule has 0 radical (unpaired) electrons. The summed E-state index contributed by atoms with van der Waals surface area (Å²) >= 11 is 1.94. The Bertz CT molecular complexity index is 249. The zero-order valence-electron chi connectivity index (χ0n) is 12.8. The number of likely N-dealkylation sites (N-methyl/N-ethyl adjacent to an activating group) is 1. The van der Waals surface area contributed by atoms with Crippen molar-refractivity contribution >= 4 is 11.8 Å². The Hall–Kier alpha value is 0.230. The Balaban J connectivity index is 2.68. The molecule has 0 bridgehead atoms. The molecule has 1 aliphatic rings. The van der Waals surface area contributed by atoms with Crippen LogP contribution in [0.1, 0.15) is 33.1 Å². The molecular formula is C14H31N3S. The summed E-state index contributed by atoms with van der Waals surface area (Å²) in [6.07, 6.45) is 5.83. The standard InChI is InChI=1S/C14H31N3S/c1-12(6-9-18-5)17(4)14(11-15)7-8-16(3)13(2)10-14/h12-13H,6-11,15H2,1-5H3. The molecule has 1 rings (SSSR count). The molecule has 0 aliphatic carbocycles. The minimum Gasteiger partial charge on any atom is -0.329 e. The first-order valence-electron chi connectivity index (χ1n) is 7.09. The van der Waals surface area contributed by atoms with Crippen LogP contribution < -0.4 is 5.73 Å². The third-order valence-corrected chi connectivity index (χ3v) is 5.53. The van der Waals surface area contributed by atoms with Crippen molar-refractivity contribution in [3.63, 3.8) is 0 Å². The molecule has 2 N–H and O–H groups in total. The van der Waals surface area contributed by atoms with Gasteiger partial charge in [0.1, 0.15) is 0 Å². The Kier molecular flexibility index (Phi) is 6.45. The number of likely N-dealkylation sites (tertiary alicyclic amines) is 1. The molecule has 0 spiro atoms. The van der Waals surface area contributed by atoms with Gasteiger partial charge in [-0.15, -0.1) is 0 Å². The second-order valence-corrected chi connectivity index (χ2v) is 6.94. The molecular weight excluding hydrogens is 242 g/mol. The summed E-state index contributed by atoms with van der Waals surface area (Å²) < 4.78 is 0. The van der Waals surface area contributed by atoms with Gasteiger partial charge in [0.2, 0.25) is 0 Å². The van der Waals surface area contributed by atoms with Crippen LogP contribution in [-0.4, -0.2) is 66.6 Å². The molecule has 108 valence electrons. The second-order valence-electron chi connectivity index (χ2n) is 5.95. The van der Waals surface area contributed by atoms with E-state index >= 15 is 0 Å². The Labute approximate surface area is 117 Å². The van der Waals surface area contributed by atoms with Crippen molar-refractivity contribution in [2.75, 3.05) is 39.2 Å². The number of hydrogen-bond donors (Lipinski definition) is 1. The lowest BCUT2D eigenvalue weighted by atomic mass is 9.81. The van der Waals surface area contributed by atoms with Gasteiger partial charge in [0.15, 0.2) is 0 Å². The molecule has 3 nitrogen and oxygen atoms in total. The van der Waals surface area contributed by atoms with Crippen molar-refractivity contribution in [1.29, 1.82) is 0 Å². The highest BCUT2D eigenvalue weighted by Gasteiger charge is 2.40. The summed E-state index contributed by atoms with van der Waals surface area (Å²) in [6, 6.07) is 1.26. The average Bonchev–Trinajstić information content (AvgIpc) is 2.38. The van der Waals surface area contributed by atoms with E-state index in [0.29, 0.717) is 12.1 Å². The monoisotopic (exact) mass is 273 g/mol. The van der Waals surface area contributed by atoms with E-state index in [1.165, 1.54) is 25.0 Å². The normalized spacial score (nSPS) is 31.8. The van der Waals surface area contributed by atoms with Gasteiger partial charge in [-0.1, -0.05) is 0 Å². The van der Waals surface area contributed by atoms with Crippen molar-refractivity contribution in [3.8, 4) is 0 Å². The highest BCUT2D eigenvalue weighted by molar-refractivity contribution is 7.98. The zero-order valence-corrected chi connectivity index (χ0v) is 13.6. The van der Waals surface area contributed by atoms with Crippen LogP contribution in [0.25, 0.3) is 0 Å². The number of hydrogen-bond acceptors (Lipinski definition) is 4. The lowest BCUT2D eigenvalue weighted by Gasteiger charge is -2.51. The fourth-order valence-electron chi connectivity index (χ4n) is 3.01. The van der Waals surface area contributed by atoms with E-state index in [9.17, 15) is 0 Å². The third-order valence-electron chi connectivity index (χ3n) is 4.89. The third kappa shape index (κ3) is 3.62. The molecule has 0 saturated carbocycles. The fraction of sp³-hybridized carbons (Fsp3) is 1.00. The predicted molar refractivity (Wildman–Crippen MR) is 83.3 cm³/mol. The summed E-state index contributed by atoms with van der Waals surface area (Å²) in [4.78, 5) is 5.01. The van der Waals surface area contributed by atoms with Crippen LogP contribution >= 0.6 is 11.8 Å². The van der Waals surface area contributed by atoms with Gasteiger partial charge >= 0.3 is 0 Å². The topological polar surface area (TPSA) is 32.5 Å². The van der Waals surface area contributed by atoms with Gasteiger partial charge in [0.25, 0.3) is 0 Å². The Morgan fingerprint density at radius 2 is 2.22 bits per heavy atom. The molecule has 0 aromatic carbocycles. The maximum atomic E-state index is 6.15. The van der Waals surface area contributed by atoms with Crippen LogP contribution in [0.5, 0.6) is 0 Å². The summed E-state index contributed by atoms with van der Waals surface area (Å²) in [5.41, 5.74) is 6.36. The average molecular weight is 273 g/mol. The molecule has 4 heteroatoms. The molecule has 1 aliphatic heterocycles. The maximum Gasteiger partial charge on any atom is 0.0358 e. The van der Waals surface area contributed by atoms with Gasteiger partial charge in [-0.3, -0.25) is 4.90 Å². The van der Waals surface area contributed by atoms with Gasteiger partial charge in [-0.05, 0) is 65.8 Å². The summed E-state index contributed by atoms with van der Waals surface area (Å²) in [5.74, 6) is 1.24. The molecule has 0 amide bonds. The summed E-state index contributed by atoms with van der Waals surface area (Å²) in [6.45, 7) is 6.61. The van der Waals surface area contributed by atoms with Gasteiger partial charge in [0, 0.05) is 24.2 Å². The molecule has 0 aromatic heterocycles. The van der Waals surface area contributed by atoms with E-state index < -0.39 is 0 Å². The number of nitrogens with zero attached hydrogens (tertiary/aromatic N) is 2. The van der Waals surface area contributed by atoms with Crippen LogP contribution in [0.15, 0.2) is 0 Å².